The lowest BCUT2D eigenvalue weighted by molar-refractivity contribution is -0.129. The van der Waals surface area contributed by atoms with Crippen molar-refractivity contribution in [3.63, 3.8) is 0 Å². The van der Waals surface area contributed by atoms with Gasteiger partial charge in [0.05, 0.1) is 12.6 Å². The van der Waals surface area contributed by atoms with Crippen LogP contribution in [0.1, 0.15) is 12.2 Å². The Balaban J connectivity index is 0.00000120. The van der Waals surface area contributed by atoms with E-state index in [-0.39, 0.29) is 24.4 Å². The van der Waals surface area contributed by atoms with E-state index in [2.05, 4.69) is 4.98 Å². The summed E-state index contributed by atoms with van der Waals surface area (Å²) in [6, 6.07) is 5.21. The second kappa shape index (κ2) is 4.96. The molecule has 6 heteroatoms. The highest BCUT2D eigenvalue weighted by atomic mass is 35.5. The summed E-state index contributed by atoms with van der Waals surface area (Å²) >= 11 is 0. The van der Waals surface area contributed by atoms with Gasteiger partial charge in [0.25, 0.3) is 0 Å². The van der Waals surface area contributed by atoms with Crippen molar-refractivity contribution in [2.24, 2.45) is 5.73 Å². The van der Waals surface area contributed by atoms with Crippen molar-refractivity contribution in [2.45, 2.75) is 19.0 Å². The minimum atomic E-state index is -0.350. The molecule has 1 amide bonds. The van der Waals surface area contributed by atoms with Crippen LogP contribution in [0.5, 0.6) is 0 Å². The quantitative estimate of drug-likeness (QED) is 0.890. The van der Waals surface area contributed by atoms with Crippen molar-refractivity contribution in [1.29, 1.82) is 0 Å². The van der Waals surface area contributed by atoms with Gasteiger partial charge in [0, 0.05) is 18.8 Å². The number of pyridine rings is 1. The fraction of sp³-hybridized carbons (Fsp3) is 0.333. The smallest absolute Gasteiger partial charge is 0.239 e. The molecule has 1 aliphatic heterocycles. The van der Waals surface area contributed by atoms with Gasteiger partial charge >= 0.3 is 0 Å². The summed E-state index contributed by atoms with van der Waals surface area (Å²) in [7, 11) is 0. The zero-order chi connectivity index (χ0) is 11.8. The fourth-order valence-corrected chi connectivity index (χ4v) is 2.11. The Morgan fingerprint density at radius 3 is 3.06 bits per heavy atom. The highest BCUT2D eigenvalue weighted by molar-refractivity contribution is 5.85. The molecule has 0 aromatic carbocycles. The molecule has 18 heavy (non-hydrogen) atoms. The summed E-state index contributed by atoms with van der Waals surface area (Å²) in [6.07, 6.45) is 2.44. The van der Waals surface area contributed by atoms with E-state index in [1.54, 1.807) is 11.1 Å². The molecule has 2 aromatic heterocycles. The lowest BCUT2D eigenvalue weighted by atomic mass is 10.3. The molecule has 96 valence electrons. The molecule has 0 saturated carbocycles. The van der Waals surface area contributed by atoms with Gasteiger partial charge in [-0.25, -0.2) is 0 Å². The van der Waals surface area contributed by atoms with Crippen LogP contribution in [0.3, 0.4) is 0 Å². The van der Waals surface area contributed by atoms with E-state index >= 15 is 0 Å². The normalized spacial score (nSPS) is 19.3. The number of nitrogens with zero attached hydrogens (tertiary/aromatic N) is 2. The Morgan fingerprint density at radius 1 is 1.56 bits per heavy atom. The molecule has 0 aliphatic carbocycles. The van der Waals surface area contributed by atoms with Gasteiger partial charge in [0.1, 0.15) is 11.3 Å². The lowest BCUT2D eigenvalue weighted by Crippen LogP contribution is -2.33. The summed E-state index contributed by atoms with van der Waals surface area (Å²) in [5.41, 5.74) is 7.23. The predicted octanol–water partition coefficient (Wildman–Crippen LogP) is 1.31. The van der Waals surface area contributed by atoms with E-state index in [4.69, 9.17) is 10.2 Å². The Bertz CT molecular complexity index is 536. The monoisotopic (exact) mass is 267 g/mol. The zero-order valence-electron chi connectivity index (χ0n) is 9.70. The summed E-state index contributed by atoms with van der Waals surface area (Å²) in [6.45, 7) is 1.17. The summed E-state index contributed by atoms with van der Waals surface area (Å²) in [5.74, 6) is 0.750. The molecule has 5 nitrogen and oxygen atoms in total. The van der Waals surface area contributed by atoms with Gasteiger partial charge in [-0.1, -0.05) is 0 Å². The third kappa shape index (κ3) is 2.19. The number of rotatable bonds is 2. The van der Waals surface area contributed by atoms with Gasteiger partial charge in [-0.3, -0.25) is 9.78 Å². The van der Waals surface area contributed by atoms with Crippen LogP contribution in [0.15, 0.2) is 28.8 Å². The third-order valence-corrected chi connectivity index (χ3v) is 3.02. The molecule has 1 aliphatic rings. The number of aromatic nitrogens is 1. The van der Waals surface area contributed by atoms with Crippen molar-refractivity contribution in [1.82, 2.24) is 9.88 Å². The Hall–Kier alpha value is -1.59. The number of halogens is 1. The van der Waals surface area contributed by atoms with Gasteiger partial charge in [0.15, 0.2) is 5.58 Å². The molecule has 1 fully saturated rings. The summed E-state index contributed by atoms with van der Waals surface area (Å²) < 4.78 is 5.62. The topological polar surface area (TPSA) is 72.4 Å². The second-order valence-electron chi connectivity index (χ2n) is 4.25. The first-order chi connectivity index (χ1) is 8.24. The van der Waals surface area contributed by atoms with Gasteiger partial charge in [-0.05, 0) is 18.6 Å². The maximum absolute atomic E-state index is 11.7. The van der Waals surface area contributed by atoms with Crippen molar-refractivity contribution >= 4 is 29.4 Å². The first-order valence-electron chi connectivity index (χ1n) is 5.62. The van der Waals surface area contributed by atoms with E-state index in [1.165, 1.54) is 0 Å². The number of amides is 1. The third-order valence-electron chi connectivity index (χ3n) is 3.02. The van der Waals surface area contributed by atoms with Crippen LogP contribution in [-0.4, -0.2) is 28.4 Å². The first-order valence-corrected chi connectivity index (χ1v) is 5.62. The average Bonchev–Trinajstić information content (AvgIpc) is 2.87. The van der Waals surface area contributed by atoms with Gasteiger partial charge in [-0.15, -0.1) is 12.4 Å². The molecule has 3 heterocycles. The lowest BCUT2D eigenvalue weighted by Gasteiger charge is -2.13. The van der Waals surface area contributed by atoms with E-state index in [0.717, 1.165) is 23.3 Å². The minimum Gasteiger partial charge on any atom is -0.457 e. The Morgan fingerprint density at radius 2 is 2.39 bits per heavy atom. The molecule has 2 N–H and O–H groups in total. The number of carbonyl (C=O) groups excluding carboxylic acids is 1. The number of carbonyl (C=O) groups is 1. The highest BCUT2D eigenvalue weighted by Crippen LogP contribution is 2.20. The Labute approximate surface area is 110 Å². The molecule has 0 spiro atoms. The van der Waals surface area contributed by atoms with Crippen LogP contribution < -0.4 is 5.73 Å². The average molecular weight is 268 g/mol. The minimum absolute atomic E-state index is 0. The van der Waals surface area contributed by atoms with Crippen LogP contribution in [0, 0.1) is 0 Å². The summed E-state index contributed by atoms with van der Waals surface area (Å²) in [5, 5.41) is 0. The van der Waals surface area contributed by atoms with E-state index < -0.39 is 0 Å². The van der Waals surface area contributed by atoms with Gasteiger partial charge in [0.2, 0.25) is 5.91 Å². The second-order valence-corrected chi connectivity index (χ2v) is 4.25. The molecular weight excluding hydrogens is 254 g/mol. The van der Waals surface area contributed by atoms with Crippen LogP contribution in [0.25, 0.3) is 11.1 Å². The highest BCUT2D eigenvalue weighted by Gasteiger charge is 2.28. The molecule has 0 radical (unpaired) electrons. The molecule has 0 bridgehead atoms. The van der Waals surface area contributed by atoms with Gasteiger partial charge in [-0.2, -0.15) is 0 Å². The number of hydrogen-bond acceptors (Lipinski definition) is 4. The first kappa shape index (κ1) is 12.9. The number of nitrogens with two attached hydrogens (primary N) is 1. The molecule has 1 atom stereocenters. The fourth-order valence-electron chi connectivity index (χ4n) is 2.11. The van der Waals surface area contributed by atoms with Gasteiger partial charge < -0.3 is 15.1 Å². The predicted molar refractivity (Wildman–Crippen MR) is 69.3 cm³/mol. The van der Waals surface area contributed by atoms with Crippen molar-refractivity contribution in [3.8, 4) is 0 Å². The number of likely N-dealkylation sites (tertiary alicyclic amines) is 1. The summed E-state index contributed by atoms with van der Waals surface area (Å²) in [4.78, 5) is 17.6. The molecular formula is C12H14ClN3O2. The van der Waals surface area contributed by atoms with Crippen molar-refractivity contribution < 1.29 is 9.21 Å². The number of furan rings is 1. The molecule has 2 aromatic rings. The zero-order valence-corrected chi connectivity index (χ0v) is 10.5. The molecule has 1 unspecified atom stereocenters. The van der Waals surface area contributed by atoms with E-state index in [0.29, 0.717) is 13.1 Å². The van der Waals surface area contributed by atoms with Crippen LogP contribution in [0.2, 0.25) is 0 Å². The van der Waals surface area contributed by atoms with Crippen molar-refractivity contribution in [3.05, 3.63) is 30.2 Å². The molecule has 1 saturated heterocycles. The van der Waals surface area contributed by atoms with Crippen LogP contribution >= 0.6 is 12.4 Å². The number of hydrogen-bond donors (Lipinski definition) is 1. The Kier molecular flexibility index (Phi) is 3.54. The molecule has 3 rings (SSSR count). The maximum Gasteiger partial charge on any atom is 0.239 e. The maximum atomic E-state index is 11.7. The van der Waals surface area contributed by atoms with Crippen LogP contribution in [0.4, 0.5) is 0 Å². The van der Waals surface area contributed by atoms with Crippen molar-refractivity contribution in [2.75, 3.05) is 6.54 Å². The largest absolute Gasteiger partial charge is 0.457 e. The SMILES string of the molecule is Cl.NC1CCN(Cc2cc3ncccc3o2)C1=O. The van der Waals surface area contributed by atoms with E-state index in [1.807, 2.05) is 18.2 Å². The number of fused-ring (bicyclic) bond motifs is 1. The standard InChI is InChI=1S/C12H13N3O2.ClH/c13-9-3-5-15(12(9)16)7-8-6-10-11(17-8)2-1-4-14-10;/h1-2,4,6,9H,3,5,7,13H2;1H. The van der Waals surface area contributed by atoms with Crippen LogP contribution in [-0.2, 0) is 11.3 Å². The van der Waals surface area contributed by atoms with E-state index in [9.17, 15) is 4.79 Å².